The van der Waals surface area contributed by atoms with Crippen LogP contribution in [0.4, 0.5) is 5.69 Å². The van der Waals surface area contributed by atoms with Gasteiger partial charge in [-0.3, -0.25) is 4.79 Å². The van der Waals surface area contributed by atoms with Crippen molar-refractivity contribution >= 4 is 11.6 Å². The van der Waals surface area contributed by atoms with Gasteiger partial charge in [-0.15, -0.1) is 0 Å². The molecule has 6 heteroatoms. The van der Waals surface area contributed by atoms with Gasteiger partial charge in [0.1, 0.15) is 5.75 Å². The average molecular weight is 276 g/mol. The quantitative estimate of drug-likeness (QED) is 0.321. The molecule has 0 aliphatic heterocycles. The molecule has 0 heterocycles. The third-order valence-corrected chi connectivity index (χ3v) is 2.69. The minimum absolute atomic E-state index is 0.0269. The maximum Gasteiger partial charge on any atom is 0.224 e. The lowest BCUT2D eigenvalue weighted by molar-refractivity contribution is -0.116. The van der Waals surface area contributed by atoms with Crippen molar-refractivity contribution in [3.05, 3.63) is 34.7 Å². The Hall–Kier alpha value is -2.20. The first-order valence-electron chi connectivity index (χ1n) is 6.80. The molecule has 0 unspecified atom stereocenters. The summed E-state index contributed by atoms with van der Waals surface area (Å²) in [6.07, 6.45) is 2.92. The Morgan fingerprint density at radius 3 is 2.90 bits per heavy atom. The van der Waals surface area contributed by atoms with Crippen molar-refractivity contribution in [2.45, 2.75) is 32.6 Å². The fourth-order valence-electron chi connectivity index (χ4n) is 1.75. The van der Waals surface area contributed by atoms with Crippen molar-refractivity contribution < 1.29 is 9.53 Å². The fourth-order valence-corrected chi connectivity index (χ4v) is 1.75. The highest BCUT2D eigenvalue weighted by Gasteiger charge is 2.06. The zero-order chi connectivity index (χ0) is 14.6. The van der Waals surface area contributed by atoms with Gasteiger partial charge < -0.3 is 10.1 Å². The molecule has 0 spiro atoms. The lowest BCUT2D eigenvalue weighted by Crippen LogP contribution is -2.12. The number of ether oxygens (including phenoxy) is 1. The highest BCUT2D eigenvalue weighted by molar-refractivity contribution is 5.92. The van der Waals surface area contributed by atoms with Gasteiger partial charge in [0.15, 0.2) is 0 Å². The van der Waals surface area contributed by atoms with Crippen LogP contribution in [-0.2, 0) is 4.79 Å². The summed E-state index contributed by atoms with van der Waals surface area (Å²) in [5, 5.41) is 6.30. The molecule has 0 saturated carbocycles. The SMILES string of the molecule is CCOc1ccccc1NC(=O)CCCCCN=[N+]=[N-]. The summed E-state index contributed by atoms with van der Waals surface area (Å²) in [5.41, 5.74) is 8.83. The van der Waals surface area contributed by atoms with E-state index in [0.717, 1.165) is 19.3 Å². The summed E-state index contributed by atoms with van der Waals surface area (Å²) in [6, 6.07) is 7.39. The fraction of sp³-hybridized carbons (Fsp3) is 0.500. The van der Waals surface area contributed by atoms with Gasteiger partial charge in [0.2, 0.25) is 5.91 Å². The number of azide groups is 1. The van der Waals surface area contributed by atoms with E-state index in [0.29, 0.717) is 31.0 Å². The van der Waals surface area contributed by atoms with Crippen LogP contribution in [0.15, 0.2) is 29.4 Å². The molecule has 1 aromatic carbocycles. The maximum atomic E-state index is 11.8. The molecule has 0 atom stereocenters. The van der Waals surface area contributed by atoms with Gasteiger partial charge >= 0.3 is 0 Å². The molecule has 0 bridgehead atoms. The van der Waals surface area contributed by atoms with Gasteiger partial charge in [0, 0.05) is 17.9 Å². The zero-order valence-corrected chi connectivity index (χ0v) is 11.7. The highest BCUT2D eigenvalue weighted by Crippen LogP contribution is 2.23. The third-order valence-electron chi connectivity index (χ3n) is 2.69. The summed E-state index contributed by atoms with van der Waals surface area (Å²) in [7, 11) is 0. The molecule has 6 nitrogen and oxygen atoms in total. The Labute approximate surface area is 118 Å². The number of carbonyl (C=O) groups is 1. The zero-order valence-electron chi connectivity index (χ0n) is 11.7. The number of unbranched alkanes of at least 4 members (excludes halogenated alkanes) is 2. The van der Waals surface area contributed by atoms with Crippen LogP contribution in [0.3, 0.4) is 0 Å². The van der Waals surface area contributed by atoms with Gasteiger partial charge in [-0.05, 0) is 37.4 Å². The first-order valence-corrected chi connectivity index (χ1v) is 6.80. The van der Waals surface area contributed by atoms with Crippen molar-refractivity contribution in [3.63, 3.8) is 0 Å². The minimum Gasteiger partial charge on any atom is -0.492 e. The first kappa shape index (κ1) is 15.9. The summed E-state index contributed by atoms with van der Waals surface area (Å²) in [4.78, 5) is 14.5. The van der Waals surface area contributed by atoms with Crippen molar-refractivity contribution in [3.8, 4) is 5.75 Å². The largest absolute Gasteiger partial charge is 0.492 e. The summed E-state index contributed by atoms with van der Waals surface area (Å²) < 4.78 is 5.45. The second-order valence-corrected chi connectivity index (χ2v) is 4.24. The lowest BCUT2D eigenvalue weighted by Gasteiger charge is -2.11. The smallest absolute Gasteiger partial charge is 0.224 e. The molecular formula is C14H20N4O2. The normalized spacial score (nSPS) is 9.65. The van der Waals surface area contributed by atoms with E-state index < -0.39 is 0 Å². The molecule has 0 aliphatic rings. The van der Waals surface area contributed by atoms with Gasteiger partial charge in [0.25, 0.3) is 0 Å². The molecule has 0 fully saturated rings. The number of amides is 1. The van der Waals surface area contributed by atoms with Crippen LogP contribution in [0.1, 0.15) is 32.6 Å². The number of anilines is 1. The summed E-state index contributed by atoms with van der Waals surface area (Å²) in [5.74, 6) is 0.660. The van der Waals surface area contributed by atoms with Crippen molar-refractivity contribution in [1.82, 2.24) is 0 Å². The number of hydrogen-bond donors (Lipinski definition) is 1. The van der Waals surface area contributed by atoms with Gasteiger partial charge in [-0.25, -0.2) is 0 Å². The molecule has 20 heavy (non-hydrogen) atoms. The van der Waals surface area contributed by atoms with Crippen LogP contribution >= 0.6 is 0 Å². The van der Waals surface area contributed by atoms with Gasteiger partial charge in [-0.1, -0.05) is 23.7 Å². The molecule has 0 radical (unpaired) electrons. The number of nitrogens with zero attached hydrogens (tertiary/aromatic N) is 3. The van der Waals surface area contributed by atoms with E-state index in [1.54, 1.807) is 0 Å². The molecule has 1 rings (SSSR count). The number of para-hydroxylation sites is 2. The molecule has 0 aliphatic carbocycles. The molecule has 1 aromatic rings. The Bertz CT molecular complexity index is 470. The maximum absolute atomic E-state index is 11.8. The van der Waals surface area contributed by atoms with E-state index in [2.05, 4.69) is 15.3 Å². The predicted molar refractivity (Wildman–Crippen MR) is 78.7 cm³/mol. The molecular weight excluding hydrogens is 256 g/mol. The molecule has 1 amide bonds. The van der Waals surface area contributed by atoms with Crippen molar-refractivity contribution in [1.29, 1.82) is 0 Å². The average Bonchev–Trinajstić information content (AvgIpc) is 2.45. The Kier molecular flexibility index (Phi) is 7.69. The summed E-state index contributed by atoms with van der Waals surface area (Å²) in [6.45, 7) is 2.96. The monoisotopic (exact) mass is 276 g/mol. The van der Waals surface area contributed by atoms with E-state index in [1.807, 2.05) is 31.2 Å². The van der Waals surface area contributed by atoms with Crippen molar-refractivity contribution in [2.24, 2.45) is 5.11 Å². The van der Waals surface area contributed by atoms with Crippen LogP contribution < -0.4 is 10.1 Å². The number of hydrogen-bond acceptors (Lipinski definition) is 3. The third kappa shape index (κ3) is 6.11. The Balaban J connectivity index is 2.33. The van der Waals surface area contributed by atoms with E-state index in [-0.39, 0.29) is 5.91 Å². The van der Waals surface area contributed by atoms with Crippen LogP contribution in [0.2, 0.25) is 0 Å². The van der Waals surface area contributed by atoms with Crippen LogP contribution in [0.25, 0.3) is 10.4 Å². The van der Waals surface area contributed by atoms with E-state index in [4.69, 9.17) is 10.3 Å². The predicted octanol–water partition coefficient (Wildman–Crippen LogP) is 3.89. The number of benzene rings is 1. The van der Waals surface area contributed by atoms with Gasteiger partial charge in [0.05, 0.1) is 12.3 Å². The number of nitrogens with one attached hydrogen (secondary N) is 1. The minimum atomic E-state index is -0.0269. The number of carbonyl (C=O) groups excluding carboxylic acids is 1. The van der Waals surface area contributed by atoms with Crippen LogP contribution in [0, 0.1) is 0 Å². The van der Waals surface area contributed by atoms with E-state index in [9.17, 15) is 4.79 Å². The van der Waals surface area contributed by atoms with Gasteiger partial charge in [-0.2, -0.15) is 0 Å². The molecule has 1 N–H and O–H groups in total. The van der Waals surface area contributed by atoms with Crippen LogP contribution in [-0.4, -0.2) is 19.1 Å². The van der Waals surface area contributed by atoms with Crippen LogP contribution in [0.5, 0.6) is 5.75 Å². The number of rotatable bonds is 9. The Morgan fingerprint density at radius 1 is 1.35 bits per heavy atom. The second-order valence-electron chi connectivity index (χ2n) is 4.24. The first-order chi connectivity index (χ1) is 9.77. The Morgan fingerprint density at radius 2 is 2.15 bits per heavy atom. The topological polar surface area (TPSA) is 87.1 Å². The summed E-state index contributed by atoms with van der Waals surface area (Å²) >= 11 is 0. The van der Waals surface area contributed by atoms with E-state index in [1.165, 1.54) is 0 Å². The second kappa shape index (κ2) is 9.69. The molecule has 108 valence electrons. The molecule has 0 aromatic heterocycles. The lowest BCUT2D eigenvalue weighted by atomic mass is 10.2. The van der Waals surface area contributed by atoms with Crippen molar-refractivity contribution in [2.75, 3.05) is 18.5 Å². The highest BCUT2D eigenvalue weighted by atomic mass is 16.5. The molecule has 0 saturated heterocycles. The van der Waals surface area contributed by atoms with E-state index >= 15 is 0 Å². The standard InChI is InChI=1S/C14H20N4O2/c1-2-20-13-9-6-5-8-12(13)17-14(19)10-4-3-7-11-16-18-15/h5-6,8-9H,2-4,7,10-11H2,1H3,(H,17,19).